The molecule has 1 rings (SSSR count). The third kappa shape index (κ3) is 4.08. The highest BCUT2D eigenvalue weighted by molar-refractivity contribution is 7.10. The summed E-state index contributed by atoms with van der Waals surface area (Å²) >= 11 is 1.70. The zero-order chi connectivity index (χ0) is 13.7. The second-order valence-electron chi connectivity index (χ2n) is 5.01. The van der Waals surface area contributed by atoms with Crippen molar-refractivity contribution in [1.82, 2.24) is 10.2 Å². The molecule has 18 heavy (non-hydrogen) atoms. The summed E-state index contributed by atoms with van der Waals surface area (Å²) in [7, 11) is 4.03. The maximum absolute atomic E-state index is 11.8. The average molecular weight is 269 g/mol. The molecule has 0 saturated carbocycles. The number of likely N-dealkylation sites (N-methyl/N-ethyl adjacent to an activating group) is 1. The lowest BCUT2D eigenvalue weighted by molar-refractivity contribution is -0.123. The van der Waals surface area contributed by atoms with E-state index >= 15 is 0 Å². The summed E-state index contributed by atoms with van der Waals surface area (Å²) in [5.74, 6) is 0.0814. The van der Waals surface area contributed by atoms with Crippen LogP contribution in [0.25, 0.3) is 0 Å². The second kappa shape index (κ2) is 6.87. The Labute approximate surface area is 113 Å². The maximum Gasteiger partial charge on any atom is 0.237 e. The predicted molar refractivity (Wildman–Crippen MR) is 76.6 cm³/mol. The smallest absolute Gasteiger partial charge is 0.237 e. The van der Waals surface area contributed by atoms with E-state index in [2.05, 4.69) is 16.3 Å². The maximum atomic E-state index is 11.8. The number of amides is 1. The van der Waals surface area contributed by atoms with Gasteiger partial charge in [0.1, 0.15) is 0 Å². The quantitative estimate of drug-likeness (QED) is 0.822. The van der Waals surface area contributed by atoms with Gasteiger partial charge < -0.3 is 16.0 Å². The highest BCUT2D eigenvalue weighted by atomic mass is 32.1. The Bertz CT molecular complexity index is 362. The van der Waals surface area contributed by atoms with E-state index < -0.39 is 6.04 Å². The van der Waals surface area contributed by atoms with Crippen LogP contribution in [-0.4, -0.2) is 37.5 Å². The Morgan fingerprint density at radius 2 is 2.17 bits per heavy atom. The van der Waals surface area contributed by atoms with Crippen LogP contribution in [0.2, 0.25) is 0 Å². The van der Waals surface area contributed by atoms with Gasteiger partial charge in [-0.25, -0.2) is 0 Å². The molecule has 0 aromatic carbocycles. The minimum atomic E-state index is -0.434. The van der Waals surface area contributed by atoms with Gasteiger partial charge in [-0.3, -0.25) is 4.79 Å². The highest BCUT2D eigenvalue weighted by Gasteiger charge is 2.20. The van der Waals surface area contributed by atoms with Crippen molar-refractivity contribution in [2.75, 3.05) is 20.6 Å². The fourth-order valence-corrected chi connectivity index (χ4v) is 2.56. The number of nitrogens with zero attached hydrogens (tertiary/aromatic N) is 1. The van der Waals surface area contributed by atoms with Gasteiger partial charge in [0.15, 0.2) is 0 Å². The molecular formula is C13H23N3OS. The molecule has 0 radical (unpaired) electrons. The van der Waals surface area contributed by atoms with E-state index in [1.54, 1.807) is 11.3 Å². The Morgan fingerprint density at radius 1 is 1.50 bits per heavy atom. The molecule has 1 aromatic heterocycles. The van der Waals surface area contributed by atoms with Crippen molar-refractivity contribution in [3.05, 3.63) is 22.4 Å². The summed E-state index contributed by atoms with van der Waals surface area (Å²) in [6.07, 6.45) is 0. The third-order valence-corrected chi connectivity index (χ3v) is 3.96. The van der Waals surface area contributed by atoms with Crippen LogP contribution >= 0.6 is 11.3 Å². The fourth-order valence-electron chi connectivity index (χ4n) is 1.64. The van der Waals surface area contributed by atoms with Gasteiger partial charge in [0, 0.05) is 11.4 Å². The van der Waals surface area contributed by atoms with Crippen LogP contribution in [0, 0.1) is 5.92 Å². The molecule has 2 atom stereocenters. The lowest BCUT2D eigenvalue weighted by Crippen LogP contribution is -2.46. The summed E-state index contributed by atoms with van der Waals surface area (Å²) in [5.41, 5.74) is 5.82. The number of carbonyl (C=O) groups is 1. The molecular weight excluding hydrogens is 246 g/mol. The topological polar surface area (TPSA) is 58.4 Å². The van der Waals surface area contributed by atoms with Crippen LogP contribution in [0.1, 0.15) is 24.8 Å². The number of thiophene rings is 1. The van der Waals surface area contributed by atoms with Crippen molar-refractivity contribution in [3.8, 4) is 0 Å². The van der Waals surface area contributed by atoms with E-state index in [4.69, 9.17) is 5.73 Å². The molecule has 1 amide bonds. The van der Waals surface area contributed by atoms with E-state index in [1.807, 2.05) is 39.4 Å². The van der Waals surface area contributed by atoms with Gasteiger partial charge in [-0.1, -0.05) is 19.9 Å². The summed E-state index contributed by atoms with van der Waals surface area (Å²) in [4.78, 5) is 15.2. The molecule has 5 heteroatoms. The molecule has 0 spiro atoms. The van der Waals surface area contributed by atoms with Crippen molar-refractivity contribution >= 4 is 17.2 Å². The Kier molecular flexibility index (Phi) is 5.78. The lowest BCUT2D eigenvalue weighted by Gasteiger charge is -2.25. The largest absolute Gasteiger partial charge is 0.353 e. The molecule has 0 fully saturated rings. The lowest BCUT2D eigenvalue weighted by atomic mass is 10.0. The molecule has 0 aliphatic carbocycles. The molecule has 102 valence electrons. The first-order valence-corrected chi connectivity index (χ1v) is 7.04. The van der Waals surface area contributed by atoms with Crippen molar-refractivity contribution in [2.24, 2.45) is 11.7 Å². The van der Waals surface area contributed by atoms with Crippen molar-refractivity contribution in [3.63, 3.8) is 0 Å². The first kappa shape index (κ1) is 15.1. The van der Waals surface area contributed by atoms with Crippen molar-refractivity contribution < 1.29 is 4.79 Å². The molecule has 0 bridgehead atoms. The summed E-state index contributed by atoms with van der Waals surface area (Å²) in [5, 5.41) is 4.98. The minimum Gasteiger partial charge on any atom is -0.353 e. The molecule has 1 aromatic rings. The fraction of sp³-hybridized carbons (Fsp3) is 0.615. The third-order valence-electron chi connectivity index (χ3n) is 2.99. The molecule has 1 heterocycles. The SMILES string of the molecule is CC(C)[C@H](N)C(=O)NCC(c1cccs1)N(C)C. The molecule has 0 aliphatic rings. The summed E-state index contributed by atoms with van der Waals surface area (Å²) in [6.45, 7) is 4.49. The van der Waals surface area contributed by atoms with E-state index in [0.717, 1.165) is 0 Å². The number of hydrogen-bond donors (Lipinski definition) is 2. The Hall–Kier alpha value is -0.910. The number of carbonyl (C=O) groups excluding carboxylic acids is 1. The molecule has 3 N–H and O–H groups in total. The monoisotopic (exact) mass is 269 g/mol. The van der Waals surface area contributed by atoms with Gasteiger partial charge in [0.25, 0.3) is 0 Å². The van der Waals surface area contributed by atoms with Gasteiger partial charge in [-0.15, -0.1) is 11.3 Å². The van der Waals surface area contributed by atoms with Gasteiger partial charge >= 0.3 is 0 Å². The van der Waals surface area contributed by atoms with Crippen LogP contribution in [0.15, 0.2) is 17.5 Å². The van der Waals surface area contributed by atoms with Crippen LogP contribution in [0.5, 0.6) is 0 Å². The molecule has 0 aliphatic heterocycles. The van der Waals surface area contributed by atoms with Gasteiger partial charge in [-0.05, 0) is 31.5 Å². The number of nitrogens with two attached hydrogens (primary N) is 1. The predicted octanol–water partition coefficient (Wildman–Crippen LogP) is 1.45. The normalized spacial score (nSPS) is 14.8. The van der Waals surface area contributed by atoms with Crippen LogP contribution in [0.3, 0.4) is 0 Å². The highest BCUT2D eigenvalue weighted by Crippen LogP contribution is 2.22. The van der Waals surface area contributed by atoms with Crippen LogP contribution < -0.4 is 11.1 Å². The zero-order valence-electron chi connectivity index (χ0n) is 11.5. The first-order chi connectivity index (χ1) is 8.43. The zero-order valence-corrected chi connectivity index (χ0v) is 12.3. The first-order valence-electron chi connectivity index (χ1n) is 6.16. The van der Waals surface area contributed by atoms with E-state index in [9.17, 15) is 4.79 Å². The standard InChI is InChI=1S/C13H23N3OS/c1-9(2)12(14)13(17)15-8-10(16(3)4)11-6-5-7-18-11/h5-7,9-10,12H,8,14H2,1-4H3,(H,15,17)/t10?,12-/m0/s1. The van der Waals surface area contributed by atoms with E-state index in [-0.39, 0.29) is 17.9 Å². The van der Waals surface area contributed by atoms with E-state index in [0.29, 0.717) is 6.54 Å². The molecule has 0 saturated heterocycles. The molecule has 1 unspecified atom stereocenters. The Morgan fingerprint density at radius 3 is 2.61 bits per heavy atom. The number of hydrogen-bond acceptors (Lipinski definition) is 4. The second-order valence-corrected chi connectivity index (χ2v) is 5.99. The summed E-state index contributed by atoms with van der Waals surface area (Å²) in [6, 6.07) is 3.88. The Balaban J connectivity index is 2.57. The van der Waals surface area contributed by atoms with Crippen molar-refractivity contribution in [2.45, 2.75) is 25.9 Å². The average Bonchev–Trinajstić information content (AvgIpc) is 2.81. The van der Waals surface area contributed by atoms with Gasteiger partial charge in [-0.2, -0.15) is 0 Å². The number of nitrogens with one attached hydrogen (secondary N) is 1. The van der Waals surface area contributed by atoms with Gasteiger partial charge in [0.05, 0.1) is 12.1 Å². The van der Waals surface area contributed by atoms with Crippen LogP contribution in [0.4, 0.5) is 0 Å². The number of rotatable bonds is 6. The minimum absolute atomic E-state index is 0.0755. The summed E-state index contributed by atoms with van der Waals surface area (Å²) < 4.78 is 0. The van der Waals surface area contributed by atoms with Crippen molar-refractivity contribution in [1.29, 1.82) is 0 Å². The molecule has 4 nitrogen and oxygen atoms in total. The van der Waals surface area contributed by atoms with Gasteiger partial charge in [0.2, 0.25) is 5.91 Å². The van der Waals surface area contributed by atoms with Crippen LogP contribution in [-0.2, 0) is 4.79 Å². The van der Waals surface area contributed by atoms with E-state index in [1.165, 1.54) is 4.88 Å².